The Kier molecular flexibility index (Phi) is 3.26. The first-order valence-electron chi connectivity index (χ1n) is 5.33. The molecule has 7 nitrogen and oxygen atoms in total. The number of hydrogen-bond donors (Lipinski definition) is 1. The minimum absolute atomic E-state index is 0.103. The molecule has 0 aliphatic carbocycles. The summed E-state index contributed by atoms with van der Waals surface area (Å²) in [4.78, 5) is 10.8. The van der Waals surface area contributed by atoms with Crippen LogP contribution in [-0.4, -0.2) is 55.4 Å². The highest BCUT2D eigenvalue weighted by Crippen LogP contribution is 2.37. The first kappa shape index (κ1) is 12.6. The third-order valence-electron chi connectivity index (χ3n) is 2.65. The molecular weight excluding hydrogens is 232 g/mol. The Morgan fingerprint density at radius 1 is 1.41 bits per heavy atom. The van der Waals surface area contributed by atoms with Gasteiger partial charge in [-0.3, -0.25) is 0 Å². The number of aliphatic hydroxyl groups excluding tert-OH is 1. The molecule has 0 unspecified atom stereocenters. The number of carbonyl (C=O) groups is 1. The Bertz CT molecular complexity index is 303. The second-order valence-corrected chi connectivity index (χ2v) is 4.40. The van der Waals surface area contributed by atoms with Crippen LogP contribution in [0.5, 0.6) is 0 Å². The number of carbonyl (C=O) groups excluding carboxylic acids is 1. The van der Waals surface area contributed by atoms with E-state index in [-0.39, 0.29) is 6.61 Å². The van der Waals surface area contributed by atoms with Crippen molar-refractivity contribution < 1.29 is 33.6 Å². The SMILES string of the molecule is COC(=O)OC[C@@H]1O[C@@H]2OC(C)(C)O[C@H]2[C@H]1O. The zero-order valence-corrected chi connectivity index (χ0v) is 9.91. The summed E-state index contributed by atoms with van der Waals surface area (Å²) in [5.41, 5.74) is 0. The molecule has 4 atom stereocenters. The molecule has 98 valence electrons. The van der Waals surface area contributed by atoms with E-state index in [1.165, 1.54) is 7.11 Å². The van der Waals surface area contributed by atoms with Crippen molar-refractivity contribution in [1.82, 2.24) is 0 Å². The summed E-state index contributed by atoms with van der Waals surface area (Å²) in [6, 6.07) is 0. The van der Waals surface area contributed by atoms with Gasteiger partial charge in [0.1, 0.15) is 24.9 Å². The highest BCUT2D eigenvalue weighted by molar-refractivity contribution is 5.59. The van der Waals surface area contributed by atoms with Gasteiger partial charge in [-0.25, -0.2) is 4.79 Å². The topological polar surface area (TPSA) is 83.5 Å². The van der Waals surface area contributed by atoms with E-state index in [0.29, 0.717) is 0 Å². The molecule has 0 spiro atoms. The van der Waals surface area contributed by atoms with Gasteiger partial charge in [0.25, 0.3) is 0 Å². The summed E-state index contributed by atoms with van der Waals surface area (Å²) < 4.78 is 25.3. The lowest BCUT2D eigenvalue weighted by atomic mass is 10.1. The van der Waals surface area contributed by atoms with E-state index in [4.69, 9.17) is 18.9 Å². The smallest absolute Gasteiger partial charge is 0.438 e. The van der Waals surface area contributed by atoms with Crippen molar-refractivity contribution >= 4 is 6.16 Å². The van der Waals surface area contributed by atoms with Crippen molar-refractivity contribution in [3.63, 3.8) is 0 Å². The van der Waals surface area contributed by atoms with Crippen molar-refractivity contribution in [2.75, 3.05) is 13.7 Å². The summed E-state index contributed by atoms with van der Waals surface area (Å²) in [5.74, 6) is -0.773. The molecule has 7 heteroatoms. The molecule has 0 aromatic carbocycles. The molecular formula is C10H16O7. The first-order chi connectivity index (χ1) is 7.93. The normalized spacial score (nSPS) is 38.8. The number of hydrogen-bond acceptors (Lipinski definition) is 7. The van der Waals surface area contributed by atoms with Gasteiger partial charge in [0.05, 0.1) is 7.11 Å². The molecule has 0 radical (unpaired) electrons. The van der Waals surface area contributed by atoms with E-state index < -0.39 is 36.5 Å². The summed E-state index contributed by atoms with van der Waals surface area (Å²) in [5, 5.41) is 9.91. The molecule has 0 aromatic rings. The Morgan fingerprint density at radius 3 is 2.71 bits per heavy atom. The summed E-state index contributed by atoms with van der Waals surface area (Å²) in [7, 11) is 1.21. The van der Waals surface area contributed by atoms with Crippen LogP contribution < -0.4 is 0 Å². The van der Waals surface area contributed by atoms with Crippen LogP contribution in [0.25, 0.3) is 0 Å². The van der Waals surface area contributed by atoms with Gasteiger partial charge in [0, 0.05) is 0 Å². The summed E-state index contributed by atoms with van der Waals surface area (Å²) in [6.45, 7) is 3.37. The predicted octanol–water partition coefficient (Wildman–Crippen LogP) is 0.00670. The highest BCUT2D eigenvalue weighted by atomic mass is 16.8. The lowest BCUT2D eigenvalue weighted by molar-refractivity contribution is -0.218. The molecule has 2 fully saturated rings. The fraction of sp³-hybridized carbons (Fsp3) is 0.900. The Labute approximate surface area is 98.5 Å². The monoisotopic (exact) mass is 248 g/mol. The maximum absolute atomic E-state index is 10.8. The van der Waals surface area contributed by atoms with E-state index in [1.807, 2.05) is 0 Å². The van der Waals surface area contributed by atoms with Crippen molar-refractivity contribution in [3.8, 4) is 0 Å². The maximum Gasteiger partial charge on any atom is 0.508 e. The van der Waals surface area contributed by atoms with Gasteiger partial charge in [-0.1, -0.05) is 0 Å². The van der Waals surface area contributed by atoms with Crippen molar-refractivity contribution in [2.24, 2.45) is 0 Å². The molecule has 0 saturated carbocycles. The Hall–Kier alpha value is -0.890. The molecule has 17 heavy (non-hydrogen) atoms. The van der Waals surface area contributed by atoms with Gasteiger partial charge in [-0.15, -0.1) is 0 Å². The van der Waals surface area contributed by atoms with Gasteiger partial charge in [-0.2, -0.15) is 0 Å². The van der Waals surface area contributed by atoms with Crippen molar-refractivity contribution in [1.29, 1.82) is 0 Å². The number of ether oxygens (including phenoxy) is 5. The number of aliphatic hydroxyl groups is 1. The average molecular weight is 248 g/mol. The Morgan fingerprint density at radius 2 is 2.12 bits per heavy atom. The van der Waals surface area contributed by atoms with Gasteiger partial charge in [-0.05, 0) is 13.8 Å². The summed E-state index contributed by atoms with van der Waals surface area (Å²) >= 11 is 0. The van der Waals surface area contributed by atoms with E-state index >= 15 is 0 Å². The summed E-state index contributed by atoms with van der Waals surface area (Å²) in [6.07, 6.45) is -3.57. The predicted molar refractivity (Wildman–Crippen MR) is 53.1 cm³/mol. The van der Waals surface area contributed by atoms with Crippen molar-refractivity contribution in [2.45, 2.75) is 44.2 Å². The van der Waals surface area contributed by atoms with Gasteiger partial charge >= 0.3 is 6.16 Å². The zero-order valence-electron chi connectivity index (χ0n) is 9.91. The number of methoxy groups -OCH3 is 1. The fourth-order valence-corrected chi connectivity index (χ4v) is 1.91. The molecule has 2 aliphatic heterocycles. The van der Waals surface area contributed by atoms with E-state index in [1.54, 1.807) is 13.8 Å². The zero-order chi connectivity index (χ0) is 12.6. The van der Waals surface area contributed by atoms with Crippen LogP contribution in [0.3, 0.4) is 0 Å². The lowest BCUT2D eigenvalue weighted by Crippen LogP contribution is -2.37. The quantitative estimate of drug-likeness (QED) is 0.689. The molecule has 2 rings (SSSR count). The number of rotatable bonds is 2. The van der Waals surface area contributed by atoms with E-state index in [2.05, 4.69) is 4.74 Å². The molecule has 0 bridgehead atoms. The Balaban J connectivity index is 1.87. The molecule has 0 aromatic heterocycles. The van der Waals surface area contributed by atoms with Crippen LogP contribution in [0.1, 0.15) is 13.8 Å². The third-order valence-corrected chi connectivity index (χ3v) is 2.65. The van der Waals surface area contributed by atoms with Crippen LogP contribution in [0.15, 0.2) is 0 Å². The minimum atomic E-state index is -0.897. The van der Waals surface area contributed by atoms with E-state index in [0.717, 1.165) is 0 Å². The molecule has 1 N–H and O–H groups in total. The second kappa shape index (κ2) is 4.41. The van der Waals surface area contributed by atoms with Crippen LogP contribution >= 0.6 is 0 Å². The molecule has 2 saturated heterocycles. The molecule has 2 heterocycles. The lowest BCUT2D eigenvalue weighted by Gasteiger charge is -2.22. The molecule has 0 amide bonds. The van der Waals surface area contributed by atoms with E-state index in [9.17, 15) is 9.90 Å². The van der Waals surface area contributed by atoms with Crippen LogP contribution in [0.4, 0.5) is 4.79 Å². The number of fused-ring (bicyclic) bond motifs is 1. The minimum Gasteiger partial charge on any atom is -0.438 e. The highest BCUT2D eigenvalue weighted by Gasteiger charge is 2.54. The average Bonchev–Trinajstić information content (AvgIpc) is 2.70. The largest absolute Gasteiger partial charge is 0.508 e. The van der Waals surface area contributed by atoms with Crippen LogP contribution in [0.2, 0.25) is 0 Å². The maximum atomic E-state index is 10.8. The van der Waals surface area contributed by atoms with Crippen LogP contribution in [0, 0.1) is 0 Å². The fourth-order valence-electron chi connectivity index (χ4n) is 1.91. The van der Waals surface area contributed by atoms with Gasteiger partial charge in [0.15, 0.2) is 12.1 Å². The molecule has 2 aliphatic rings. The third kappa shape index (κ3) is 2.52. The van der Waals surface area contributed by atoms with Gasteiger partial charge < -0.3 is 28.8 Å². The van der Waals surface area contributed by atoms with Crippen LogP contribution in [-0.2, 0) is 23.7 Å². The standard InChI is InChI=1S/C10H16O7/c1-10(2)16-7-6(11)5(15-8(7)17-10)4-14-9(12)13-3/h5-8,11H,4H2,1-3H3/t5-,6-,7-,8+/m0/s1. The van der Waals surface area contributed by atoms with Gasteiger partial charge in [0.2, 0.25) is 0 Å². The second-order valence-electron chi connectivity index (χ2n) is 4.40. The first-order valence-corrected chi connectivity index (χ1v) is 5.33. The van der Waals surface area contributed by atoms with Crippen molar-refractivity contribution in [3.05, 3.63) is 0 Å².